The van der Waals surface area contributed by atoms with Gasteiger partial charge in [-0.25, -0.2) is 0 Å². The Morgan fingerprint density at radius 2 is 1.73 bits per heavy atom. The topological polar surface area (TPSA) is 0 Å². The Morgan fingerprint density at radius 1 is 1.18 bits per heavy atom. The molecule has 2 rings (SSSR count). The molecule has 0 aromatic heterocycles. The van der Waals surface area contributed by atoms with Crippen molar-refractivity contribution in [3.8, 4) is 0 Å². The summed E-state index contributed by atoms with van der Waals surface area (Å²) in [5.41, 5.74) is 6.22. The minimum absolute atomic E-state index is 1.18. The zero-order chi connectivity index (χ0) is 7.84. The Balaban J connectivity index is 2.56. The lowest BCUT2D eigenvalue weighted by atomic mass is 10.0. The highest BCUT2D eigenvalue weighted by Gasteiger charge is 2.12. The van der Waals surface area contributed by atoms with Crippen molar-refractivity contribution in [1.82, 2.24) is 0 Å². The molecular formula is C11H14. The lowest BCUT2D eigenvalue weighted by Gasteiger charge is -2.01. The van der Waals surface area contributed by atoms with Crippen molar-refractivity contribution in [2.24, 2.45) is 0 Å². The minimum atomic E-state index is 1.18. The third-order valence-electron chi connectivity index (χ3n) is 2.75. The Hall–Kier alpha value is -0.780. The van der Waals surface area contributed by atoms with Crippen molar-refractivity contribution in [3.63, 3.8) is 0 Å². The smallest absolute Gasteiger partial charge is 0.0235 e. The Morgan fingerprint density at radius 3 is 2.18 bits per heavy atom. The molecule has 0 amide bonds. The fourth-order valence-electron chi connectivity index (χ4n) is 1.90. The maximum atomic E-state index is 2.37. The van der Waals surface area contributed by atoms with E-state index in [0.29, 0.717) is 0 Å². The van der Waals surface area contributed by atoms with Crippen LogP contribution in [0.5, 0.6) is 0 Å². The number of hydrogen-bond donors (Lipinski definition) is 0. The van der Waals surface area contributed by atoms with E-state index in [-0.39, 0.29) is 0 Å². The molecule has 0 heterocycles. The van der Waals surface area contributed by atoms with Crippen LogP contribution in [0.3, 0.4) is 0 Å². The molecule has 0 N–H and O–H groups in total. The maximum Gasteiger partial charge on any atom is -0.0235 e. The molecule has 58 valence electrons. The summed E-state index contributed by atoms with van der Waals surface area (Å²) in [6.07, 6.45) is 3.74. The zero-order valence-corrected chi connectivity index (χ0v) is 7.28. The molecule has 0 unspecified atom stereocenters. The molecule has 0 saturated carbocycles. The molecule has 0 fully saturated rings. The molecule has 0 heteroatoms. The van der Waals surface area contributed by atoms with Crippen LogP contribution in [0.1, 0.15) is 29.2 Å². The predicted molar refractivity (Wildman–Crippen MR) is 48.0 cm³/mol. The molecule has 0 spiro atoms. The highest BCUT2D eigenvalue weighted by Crippen LogP contribution is 2.26. The van der Waals surface area contributed by atoms with Gasteiger partial charge in [-0.3, -0.25) is 0 Å². The number of hydrogen-bond acceptors (Lipinski definition) is 0. The van der Waals surface area contributed by atoms with Gasteiger partial charge in [0.15, 0.2) is 0 Å². The van der Waals surface area contributed by atoms with Crippen LogP contribution in [-0.2, 0) is 19.3 Å². The van der Waals surface area contributed by atoms with E-state index in [9.17, 15) is 0 Å². The van der Waals surface area contributed by atoms with Crippen molar-refractivity contribution in [2.45, 2.75) is 33.1 Å². The molecule has 1 aromatic carbocycles. The molecule has 0 atom stereocenters. The summed E-state index contributed by atoms with van der Waals surface area (Å²) in [5.74, 6) is 0. The SMILES string of the molecule is CCc1cc2c(C)c(c1)CC2. The van der Waals surface area contributed by atoms with Gasteiger partial charge in [-0.15, -0.1) is 0 Å². The summed E-state index contributed by atoms with van der Waals surface area (Å²) in [4.78, 5) is 0. The first-order valence-corrected chi connectivity index (χ1v) is 4.42. The highest BCUT2D eigenvalue weighted by molar-refractivity contribution is 5.43. The second kappa shape index (κ2) is 2.37. The van der Waals surface area contributed by atoms with E-state index in [1.165, 1.54) is 24.8 Å². The van der Waals surface area contributed by atoms with Gasteiger partial charge in [-0.05, 0) is 48.4 Å². The summed E-state index contributed by atoms with van der Waals surface area (Å²) in [6.45, 7) is 4.47. The Kier molecular flexibility index (Phi) is 1.49. The van der Waals surface area contributed by atoms with Gasteiger partial charge in [0.25, 0.3) is 0 Å². The molecule has 0 saturated heterocycles. The van der Waals surface area contributed by atoms with Gasteiger partial charge in [0.2, 0.25) is 0 Å². The van der Waals surface area contributed by atoms with Gasteiger partial charge in [-0.1, -0.05) is 19.1 Å². The monoisotopic (exact) mass is 146 g/mol. The van der Waals surface area contributed by atoms with Crippen LogP contribution in [0.25, 0.3) is 0 Å². The van der Waals surface area contributed by atoms with Crippen LogP contribution in [-0.4, -0.2) is 0 Å². The minimum Gasteiger partial charge on any atom is -0.0613 e. The maximum absolute atomic E-state index is 2.37. The van der Waals surface area contributed by atoms with E-state index in [2.05, 4.69) is 26.0 Å². The highest BCUT2D eigenvalue weighted by atomic mass is 14.2. The van der Waals surface area contributed by atoms with Gasteiger partial charge >= 0.3 is 0 Å². The Labute approximate surface area is 68.3 Å². The molecule has 0 nitrogen and oxygen atoms in total. The van der Waals surface area contributed by atoms with Crippen LogP contribution in [0.4, 0.5) is 0 Å². The van der Waals surface area contributed by atoms with Crippen LogP contribution in [0.15, 0.2) is 12.1 Å². The number of fused-ring (bicyclic) bond motifs is 2. The first-order chi connectivity index (χ1) is 5.31. The van der Waals surface area contributed by atoms with E-state index in [4.69, 9.17) is 0 Å². The summed E-state index contributed by atoms with van der Waals surface area (Å²) in [7, 11) is 0. The van der Waals surface area contributed by atoms with E-state index in [1.54, 1.807) is 16.7 Å². The molecule has 0 radical (unpaired) electrons. The zero-order valence-electron chi connectivity index (χ0n) is 7.28. The first-order valence-electron chi connectivity index (χ1n) is 4.42. The van der Waals surface area contributed by atoms with Crippen molar-refractivity contribution < 1.29 is 0 Å². The lowest BCUT2D eigenvalue weighted by Crippen LogP contribution is -1.85. The molecule has 1 aliphatic rings. The molecule has 1 aromatic rings. The van der Waals surface area contributed by atoms with Gasteiger partial charge in [0, 0.05) is 0 Å². The summed E-state index contributed by atoms with van der Waals surface area (Å²) in [5, 5.41) is 0. The molecular weight excluding hydrogens is 132 g/mol. The fourth-order valence-corrected chi connectivity index (χ4v) is 1.90. The van der Waals surface area contributed by atoms with Crippen LogP contribution < -0.4 is 0 Å². The van der Waals surface area contributed by atoms with Crippen LogP contribution in [0, 0.1) is 6.92 Å². The van der Waals surface area contributed by atoms with E-state index in [0.717, 1.165) is 0 Å². The van der Waals surface area contributed by atoms with Gasteiger partial charge in [0.05, 0.1) is 0 Å². The quantitative estimate of drug-likeness (QED) is 0.571. The number of rotatable bonds is 1. The van der Waals surface area contributed by atoms with Crippen molar-refractivity contribution in [3.05, 3.63) is 34.4 Å². The second-order valence-corrected chi connectivity index (χ2v) is 3.39. The largest absolute Gasteiger partial charge is 0.0613 e. The average molecular weight is 146 g/mol. The van der Waals surface area contributed by atoms with Crippen LogP contribution in [0.2, 0.25) is 0 Å². The summed E-state index contributed by atoms with van der Waals surface area (Å²) in [6, 6.07) is 4.73. The predicted octanol–water partition coefficient (Wildman–Crippen LogP) is 2.66. The van der Waals surface area contributed by atoms with Gasteiger partial charge in [0.1, 0.15) is 0 Å². The van der Waals surface area contributed by atoms with Crippen molar-refractivity contribution in [1.29, 1.82) is 0 Å². The molecule has 11 heavy (non-hydrogen) atoms. The summed E-state index contributed by atoms with van der Waals surface area (Å²) < 4.78 is 0. The number of benzene rings is 1. The lowest BCUT2D eigenvalue weighted by molar-refractivity contribution is 1.03. The average Bonchev–Trinajstić information content (AvgIpc) is 2.26. The van der Waals surface area contributed by atoms with Gasteiger partial charge in [-0.2, -0.15) is 0 Å². The third kappa shape index (κ3) is 0.973. The second-order valence-electron chi connectivity index (χ2n) is 3.39. The number of aryl methyl sites for hydroxylation is 3. The standard InChI is InChI=1S/C11H14/c1-3-9-6-10-4-5-11(7-9)8(10)2/h6-7H,3-5H2,1-2H3. The fraction of sp³-hybridized carbons (Fsp3) is 0.455. The Bertz CT molecular complexity index is 259. The van der Waals surface area contributed by atoms with Crippen molar-refractivity contribution >= 4 is 0 Å². The van der Waals surface area contributed by atoms with Crippen molar-refractivity contribution in [2.75, 3.05) is 0 Å². The normalized spacial score (nSPS) is 14.0. The first kappa shape index (κ1) is 6.90. The molecule has 2 bridgehead atoms. The van der Waals surface area contributed by atoms with E-state index in [1.807, 2.05) is 0 Å². The molecule has 1 aliphatic carbocycles. The van der Waals surface area contributed by atoms with Gasteiger partial charge < -0.3 is 0 Å². The summed E-state index contributed by atoms with van der Waals surface area (Å²) >= 11 is 0. The van der Waals surface area contributed by atoms with E-state index < -0.39 is 0 Å². The third-order valence-corrected chi connectivity index (χ3v) is 2.75. The van der Waals surface area contributed by atoms with Crippen LogP contribution >= 0.6 is 0 Å². The molecule has 0 aliphatic heterocycles. The van der Waals surface area contributed by atoms with E-state index >= 15 is 0 Å².